The fourth-order valence-corrected chi connectivity index (χ4v) is 1.33. The van der Waals surface area contributed by atoms with Crippen LogP contribution in [0.15, 0.2) is 0 Å². The maximum absolute atomic E-state index is 11.3. The van der Waals surface area contributed by atoms with E-state index in [4.69, 9.17) is 10.5 Å². The second kappa shape index (κ2) is 8.68. The summed E-state index contributed by atoms with van der Waals surface area (Å²) in [5.74, 6) is 0.586. The van der Waals surface area contributed by atoms with Gasteiger partial charge in [0.05, 0.1) is 6.61 Å². The topological polar surface area (TPSA) is 64.3 Å². The number of carbonyl (C=O) groups is 1. The molecule has 0 aliphatic heterocycles. The number of rotatable bonds is 8. The zero-order valence-electron chi connectivity index (χ0n) is 10.1. The van der Waals surface area contributed by atoms with Crippen molar-refractivity contribution in [3.05, 3.63) is 0 Å². The maximum atomic E-state index is 11.3. The predicted molar refractivity (Wildman–Crippen MR) is 61.6 cm³/mol. The van der Waals surface area contributed by atoms with E-state index >= 15 is 0 Å². The summed E-state index contributed by atoms with van der Waals surface area (Å²) >= 11 is 0. The summed E-state index contributed by atoms with van der Waals surface area (Å²) in [6, 6.07) is 0.0565. The van der Waals surface area contributed by atoms with E-state index in [1.54, 1.807) is 0 Å². The number of nitrogens with one attached hydrogen (secondary N) is 1. The van der Waals surface area contributed by atoms with Gasteiger partial charge in [-0.2, -0.15) is 0 Å². The fourth-order valence-electron chi connectivity index (χ4n) is 1.33. The summed E-state index contributed by atoms with van der Waals surface area (Å²) in [6.07, 6.45) is 1.36. The highest BCUT2D eigenvalue weighted by Crippen LogP contribution is 2.01. The molecule has 3 N–H and O–H groups in total. The van der Waals surface area contributed by atoms with Gasteiger partial charge in [0, 0.05) is 25.6 Å². The molecule has 1 atom stereocenters. The van der Waals surface area contributed by atoms with Crippen LogP contribution in [-0.4, -0.2) is 31.7 Å². The molecule has 1 unspecified atom stereocenters. The lowest BCUT2D eigenvalue weighted by Gasteiger charge is -2.14. The summed E-state index contributed by atoms with van der Waals surface area (Å²) in [6.45, 7) is 7.86. The van der Waals surface area contributed by atoms with Gasteiger partial charge in [0.25, 0.3) is 0 Å². The van der Waals surface area contributed by atoms with E-state index in [2.05, 4.69) is 19.2 Å². The third-order valence-corrected chi connectivity index (χ3v) is 2.01. The van der Waals surface area contributed by atoms with Crippen molar-refractivity contribution in [2.75, 3.05) is 19.8 Å². The lowest BCUT2D eigenvalue weighted by atomic mass is 10.0. The lowest BCUT2D eigenvalue weighted by Crippen LogP contribution is -2.38. The molecule has 0 aromatic heterocycles. The number of nitrogens with two attached hydrogens (primary N) is 1. The minimum atomic E-state index is 0.0163. The molecule has 0 heterocycles. The predicted octanol–water partition coefficient (Wildman–Crippen LogP) is 0.903. The molecule has 0 bridgehead atoms. The van der Waals surface area contributed by atoms with Gasteiger partial charge >= 0.3 is 0 Å². The van der Waals surface area contributed by atoms with Crippen molar-refractivity contribution in [1.29, 1.82) is 0 Å². The molecule has 0 rings (SSSR count). The van der Waals surface area contributed by atoms with E-state index in [1.807, 2.05) is 6.92 Å². The molecular weight excluding hydrogens is 192 g/mol. The van der Waals surface area contributed by atoms with E-state index in [0.717, 1.165) is 6.42 Å². The van der Waals surface area contributed by atoms with Crippen LogP contribution in [0.1, 0.15) is 33.6 Å². The molecule has 0 saturated heterocycles. The Bertz CT molecular complexity index is 172. The first kappa shape index (κ1) is 14.4. The Morgan fingerprint density at radius 1 is 1.47 bits per heavy atom. The summed E-state index contributed by atoms with van der Waals surface area (Å²) in [5, 5.41) is 2.80. The molecule has 0 spiro atoms. The van der Waals surface area contributed by atoms with Crippen LogP contribution in [0.3, 0.4) is 0 Å². The molecule has 0 saturated carbocycles. The van der Waals surface area contributed by atoms with Gasteiger partial charge in [0.1, 0.15) is 0 Å². The number of carbonyl (C=O) groups excluding carboxylic acids is 1. The van der Waals surface area contributed by atoms with E-state index in [0.29, 0.717) is 32.1 Å². The van der Waals surface area contributed by atoms with Crippen molar-refractivity contribution >= 4 is 5.91 Å². The Labute approximate surface area is 92.6 Å². The summed E-state index contributed by atoms with van der Waals surface area (Å²) in [4.78, 5) is 11.3. The molecule has 0 aliphatic carbocycles. The first-order valence-corrected chi connectivity index (χ1v) is 5.66. The highest BCUT2D eigenvalue weighted by molar-refractivity contribution is 5.75. The molecule has 1 amide bonds. The third kappa shape index (κ3) is 9.69. The van der Waals surface area contributed by atoms with Gasteiger partial charge < -0.3 is 15.8 Å². The second-order valence-corrected chi connectivity index (χ2v) is 4.14. The number of amides is 1. The minimum Gasteiger partial charge on any atom is -0.381 e. The molecule has 0 fully saturated rings. The highest BCUT2D eigenvalue weighted by atomic mass is 16.5. The summed E-state index contributed by atoms with van der Waals surface area (Å²) in [7, 11) is 0. The monoisotopic (exact) mass is 216 g/mol. The van der Waals surface area contributed by atoms with Crippen LogP contribution >= 0.6 is 0 Å². The van der Waals surface area contributed by atoms with Gasteiger partial charge in [0.15, 0.2) is 0 Å². The maximum Gasteiger partial charge on any atom is 0.222 e. The average molecular weight is 216 g/mol. The van der Waals surface area contributed by atoms with Crippen LogP contribution in [0.4, 0.5) is 0 Å². The van der Waals surface area contributed by atoms with Crippen LogP contribution in [-0.2, 0) is 9.53 Å². The molecule has 4 nitrogen and oxygen atoms in total. The Hall–Kier alpha value is -0.610. The van der Waals surface area contributed by atoms with Gasteiger partial charge in [-0.3, -0.25) is 4.79 Å². The molecule has 90 valence electrons. The molecule has 0 radical (unpaired) electrons. The van der Waals surface area contributed by atoms with Crippen LogP contribution in [0, 0.1) is 5.92 Å². The molecule has 0 aromatic carbocycles. The van der Waals surface area contributed by atoms with Crippen molar-refractivity contribution < 1.29 is 9.53 Å². The van der Waals surface area contributed by atoms with Crippen LogP contribution in [0.2, 0.25) is 0 Å². The lowest BCUT2D eigenvalue weighted by molar-refractivity contribution is -0.122. The second-order valence-electron chi connectivity index (χ2n) is 4.14. The van der Waals surface area contributed by atoms with E-state index in [9.17, 15) is 4.79 Å². The molecule has 0 aliphatic rings. The third-order valence-electron chi connectivity index (χ3n) is 2.01. The van der Waals surface area contributed by atoms with E-state index in [-0.39, 0.29) is 11.9 Å². The standard InChI is InChI=1S/C11H24N2O2/c1-4-15-6-5-11(14)13-8-10(12)7-9(2)3/h9-10H,4-8,12H2,1-3H3,(H,13,14). The van der Waals surface area contributed by atoms with Gasteiger partial charge in [-0.05, 0) is 19.3 Å². The normalized spacial score (nSPS) is 12.9. The number of ether oxygens (including phenoxy) is 1. The minimum absolute atomic E-state index is 0.0163. The van der Waals surface area contributed by atoms with E-state index in [1.165, 1.54) is 0 Å². The van der Waals surface area contributed by atoms with Gasteiger partial charge in [-0.25, -0.2) is 0 Å². The fraction of sp³-hybridized carbons (Fsp3) is 0.909. The van der Waals surface area contributed by atoms with Crippen molar-refractivity contribution in [2.45, 2.75) is 39.7 Å². The van der Waals surface area contributed by atoms with Gasteiger partial charge in [0.2, 0.25) is 5.91 Å². The highest BCUT2D eigenvalue weighted by Gasteiger charge is 2.07. The first-order chi connectivity index (χ1) is 7.06. The largest absolute Gasteiger partial charge is 0.381 e. The molecular formula is C11H24N2O2. The quantitative estimate of drug-likeness (QED) is 0.593. The summed E-state index contributed by atoms with van der Waals surface area (Å²) in [5.41, 5.74) is 5.83. The molecule has 4 heteroatoms. The SMILES string of the molecule is CCOCCC(=O)NCC(N)CC(C)C. The van der Waals surface area contributed by atoms with Crippen molar-refractivity contribution in [3.63, 3.8) is 0 Å². The Kier molecular flexibility index (Phi) is 8.33. The average Bonchev–Trinajstić information content (AvgIpc) is 2.14. The van der Waals surface area contributed by atoms with Crippen LogP contribution in [0.25, 0.3) is 0 Å². The molecule has 15 heavy (non-hydrogen) atoms. The Morgan fingerprint density at radius 2 is 2.13 bits per heavy atom. The number of hydrogen-bond donors (Lipinski definition) is 2. The zero-order valence-corrected chi connectivity index (χ0v) is 10.1. The van der Waals surface area contributed by atoms with Crippen molar-refractivity contribution in [1.82, 2.24) is 5.32 Å². The Morgan fingerprint density at radius 3 is 2.67 bits per heavy atom. The zero-order chi connectivity index (χ0) is 11.7. The first-order valence-electron chi connectivity index (χ1n) is 5.66. The Balaban J connectivity index is 3.44. The number of hydrogen-bond acceptors (Lipinski definition) is 3. The van der Waals surface area contributed by atoms with Crippen LogP contribution in [0.5, 0.6) is 0 Å². The van der Waals surface area contributed by atoms with Gasteiger partial charge in [-0.15, -0.1) is 0 Å². The van der Waals surface area contributed by atoms with Crippen molar-refractivity contribution in [3.8, 4) is 0 Å². The van der Waals surface area contributed by atoms with Crippen molar-refractivity contribution in [2.24, 2.45) is 11.7 Å². The van der Waals surface area contributed by atoms with E-state index < -0.39 is 0 Å². The van der Waals surface area contributed by atoms with Gasteiger partial charge in [-0.1, -0.05) is 13.8 Å². The van der Waals surface area contributed by atoms with Crippen LogP contribution < -0.4 is 11.1 Å². The summed E-state index contributed by atoms with van der Waals surface area (Å²) < 4.78 is 5.08. The molecule has 0 aromatic rings. The smallest absolute Gasteiger partial charge is 0.222 e.